The van der Waals surface area contributed by atoms with Crippen molar-refractivity contribution in [3.05, 3.63) is 12.0 Å². The highest BCUT2D eigenvalue weighted by atomic mass is 15.2. The van der Waals surface area contributed by atoms with E-state index in [9.17, 15) is 0 Å². The lowest BCUT2D eigenvalue weighted by Crippen LogP contribution is -2.02. The molecule has 0 saturated heterocycles. The fourth-order valence-electron chi connectivity index (χ4n) is 0.915. The minimum Gasteiger partial charge on any atom is -0.372 e. The molecular formula is C7H12N4. The lowest BCUT2D eigenvalue weighted by atomic mass is 10.2. The number of aryl methyl sites for hydroxylation is 1. The molecule has 1 N–H and O–H groups in total. The molecule has 0 saturated carbocycles. The molecular weight excluding hydrogens is 140 g/mol. The quantitative estimate of drug-likeness (QED) is 0.698. The van der Waals surface area contributed by atoms with Gasteiger partial charge in [-0.1, -0.05) is 13.3 Å². The molecule has 1 aromatic rings. The van der Waals surface area contributed by atoms with Crippen molar-refractivity contribution in [2.75, 3.05) is 12.4 Å². The average Bonchev–Trinajstić information content (AvgIpc) is 2.06. The van der Waals surface area contributed by atoms with E-state index in [1.807, 2.05) is 7.05 Å². The van der Waals surface area contributed by atoms with Gasteiger partial charge in [0.1, 0.15) is 12.0 Å². The van der Waals surface area contributed by atoms with Gasteiger partial charge in [-0.2, -0.15) is 5.10 Å². The first kappa shape index (κ1) is 7.91. The zero-order chi connectivity index (χ0) is 8.10. The first-order valence-electron chi connectivity index (χ1n) is 3.72. The van der Waals surface area contributed by atoms with E-state index in [0.29, 0.717) is 0 Å². The second-order valence-electron chi connectivity index (χ2n) is 2.26. The van der Waals surface area contributed by atoms with Crippen LogP contribution in [0.4, 0.5) is 5.82 Å². The third-order valence-electron chi connectivity index (χ3n) is 1.41. The fraction of sp³-hybridized carbons (Fsp3) is 0.571. The monoisotopic (exact) mass is 152 g/mol. The number of aromatic nitrogens is 3. The number of hydrogen-bond acceptors (Lipinski definition) is 4. The summed E-state index contributed by atoms with van der Waals surface area (Å²) >= 11 is 0. The van der Waals surface area contributed by atoms with Crippen LogP contribution in [0.25, 0.3) is 0 Å². The van der Waals surface area contributed by atoms with E-state index in [1.165, 1.54) is 6.33 Å². The maximum absolute atomic E-state index is 4.03. The molecule has 0 radical (unpaired) electrons. The van der Waals surface area contributed by atoms with E-state index in [1.54, 1.807) is 0 Å². The lowest BCUT2D eigenvalue weighted by molar-refractivity contribution is 0.819. The summed E-state index contributed by atoms with van der Waals surface area (Å²) in [4.78, 5) is 4.03. The molecule has 1 aromatic heterocycles. The summed E-state index contributed by atoms with van der Waals surface area (Å²) in [6.07, 6.45) is 3.44. The Balaban J connectivity index is 2.83. The van der Waals surface area contributed by atoms with Gasteiger partial charge in [-0.15, -0.1) is 5.10 Å². The van der Waals surface area contributed by atoms with Gasteiger partial charge in [0.2, 0.25) is 0 Å². The summed E-state index contributed by atoms with van der Waals surface area (Å²) in [5.74, 6) is 0.835. The normalized spacial score (nSPS) is 9.64. The van der Waals surface area contributed by atoms with E-state index in [0.717, 1.165) is 24.4 Å². The average molecular weight is 152 g/mol. The van der Waals surface area contributed by atoms with Crippen LogP contribution in [0.15, 0.2) is 6.33 Å². The Bertz CT molecular complexity index is 223. The maximum atomic E-state index is 4.03. The van der Waals surface area contributed by atoms with Crippen LogP contribution in [0.2, 0.25) is 0 Å². The number of hydrogen-bond donors (Lipinski definition) is 1. The number of nitrogens with zero attached hydrogens (tertiary/aromatic N) is 3. The predicted molar refractivity (Wildman–Crippen MR) is 43.4 cm³/mol. The molecule has 1 heterocycles. The summed E-state index contributed by atoms with van der Waals surface area (Å²) in [5.41, 5.74) is 0.942. The Kier molecular flexibility index (Phi) is 2.77. The van der Waals surface area contributed by atoms with E-state index >= 15 is 0 Å². The van der Waals surface area contributed by atoms with Gasteiger partial charge in [0, 0.05) is 7.05 Å². The first-order chi connectivity index (χ1) is 5.38. The van der Waals surface area contributed by atoms with Crippen molar-refractivity contribution in [1.29, 1.82) is 0 Å². The third-order valence-corrected chi connectivity index (χ3v) is 1.41. The van der Waals surface area contributed by atoms with Crippen molar-refractivity contribution in [2.24, 2.45) is 0 Å². The number of nitrogens with one attached hydrogen (secondary N) is 1. The van der Waals surface area contributed by atoms with Gasteiger partial charge >= 0.3 is 0 Å². The lowest BCUT2D eigenvalue weighted by Gasteiger charge is -2.02. The highest BCUT2D eigenvalue weighted by Crippen LogP contribution is 2.07. The smallest absolute Gasteiger partial charge is 0.151 e. The summed E-state index contributed by atoms with van der Waals surface area (Å²) in [6.45, 7) is 2.11. The minimum absolute atomic E-state index is 0.835. The second-order valence-corrected chi connectivity index (χ2v) is 2.26. The van der Waals surface area contributed by atoms with Crippen LogP contribution < -0.4 is 5.32 Å². The molecule has 0 unspecified atom stereocenters. The molecule has 0 aliphatic heterocycles. The summed E-state index contributed by atoms with van der Waals surface area (Å²) < 4.78 is 0. The van der Waals surface area contributed by atoms with Crippen LogP contribution in [0.3, 0.4) is 0 Å². The molecule has 4 nitrogen and oxygen atoms in total. The Morgan fingerprint density at radius 2 is 2.36 bits per heavy atom. The Labute approximate surface area is 66.1 Å². The Morgan fingerprint density at radius 3 is 3.00 bits per heavy atom. The van der Waals surface area contributed by atoms with Gasteiger partial charge in [0.05, 0.1) is 0 Å². The van der Waals surface area contributed by atoms with Crippen molar-refractivity contribution in [1.82, 2.24) is 15.2 Å². The molecule has 0 atom stereocenters. The van der Waals surface area contributed by atoms with Crippen molar-refractivity contribution >= 4 is 5.82 Å². The highest BCUT2D eigenvalue weighted by Gasteiger charge is 2.00. The molecule has 1 rings (SSSR count). The van der Waals surface area contributed by atoms with Crippen LogP contribution in [0, 0.1) is 0 Å². The number of rotatable bonds is 3. The van der Waals surface area contributed by atoms with Crippen molar-refractivity contribution in [3.8, 4) is 0 Å². The zero-order valence-corrected chi connectivity index (χ0v) is 6.83. The van der Waals surface area contributed by atoms with Crippen LogP contribution in [0.5, 0.6) is 0 Å². The van der Waals surface area contributed by atoms with E-state index < -0.39 is 0 Å². The number of anilines is 1. The fourth-order valence-corrected chi connectivity index (χ4v) is 0.915. The first-order valence-corrected chi connectivity index (χ1v) is 3.72. The minimum atomic E-state index is 0.835. The van der Waals surface area contributed by atoms with Gasteiger partial charge in [-0.25, -0.2) is 4.98 Å². The van der Waals surface area contributed by atoms with Gasteiger partial charge in [-0.05, 0) is 6.42 Å². The van der Waals surface area contributed by atoms with Gasteiger partial charge in [0.25, 0.3) is 0 Å². The van der Waals surface area contributed by atoms with Crippen LogP contribution >= 0.6 is 0 Å². The van der Waals surface area contributed by atoms with Crippen LogP contribution in [0.1, 0.15) is 19.0 Å². The molecule has 0 spiro atoms. The molecule has 4 heteroatoms. The highest BCUT2D eigenvalue weighted by molar-refractivity contribution is 5.37. The molecule has 0 aliphatic carbocycles. The van der Waals surface area contributed by atoms with Crippen molar-refractivity contribution < 1.29 is 0 Å². The Hall–Kier alpha value is -1.19. The van der Waals surface area contributed by atoms with Gasteiger partial charge in [0.15, 0.2) is 5.82 Å². The van der Waals surface area contributed by atoms with E-state index in [2.05, 4.69) is 27.4 Å². The molecule has 60 valence electrons. The largest absolute Gasteiger partial charge is 0.372 e. The molecule has 0 bridgehead atoms. The summed E-state index contributed by atoms with van der Waals surface area (Å²) in [7, 11) is 1.84. The maximum Gasteiger partial charge on any atom is 0.151 e. The molecule has 11 heavy (non-hydrogen) atoms. The predicted octanol–water partition coefficient (Wildman–Crippen LogP) is 0.866. The van der Waals surface area contributed by atoms with E-state index in [4.69, 9.17) is 0 Å². The molecule has 0 amide bonds. The second kappa shape index (κ2) is 3.85. The van der Waals surface area contributed by atoms with E-state index in [-0.39, 0.29) is 0 Å². The molecule has 0 fully saturated rings. The van der Waals surface area contributed by atoms with Crippen molar-refractivity contribution in [3.63, 3.8) is 0 Å². The van der Waals surface area contributed by atoms with Gasteiger partial charge < -0.3 is 5.32 Å². The molecule has 0 aliphatic rings. The standard InChI is InChI=1S/C7H12N4/c1-3-4-6-7(8-2)9-5-10-11-6/h5H,3-4H2,1-2H3,(H,8,9,10). The zero-order valence-electron chi connectivity index (χ0n) is 6.83. The van der Waals surface area contributed by atoms with Crippen LogP contribution in [-0.4, -0.2) is 22.2 Å². The summed E-state index contributed by atoms with van der Waals surface area (Å²) in [5, 5.41) is 10.6. The van der Waals surface area contributed by atoms with Crippen molar-refractivity contribution in [2.45, 2.75) is 19.8 Å². The van der Waals surface area contributed by atoms with Crippen LogP contribution in [-0.2, 0) is 6.42 Å². The topological polar surface area (TPSA) is 50.7 Å². The third kappa shape index (κ3) is 1.86. The summed E-state index contributed by atoms with van der Waals surface area (Å²) in [6, 6.07) is 0. The van der Waals surface area contributed by atoms with Gasteiger partial charge in [-0.3, -0.25) is 0 Å². The Morgan fingerprint density at radius 1 is 1.55 bits per heavy atom. The SMILES string of the molecule is CCCc1nncnc1NC. The molecule has 0 aromatic carbocycles.